The van der Waals surface area contributed by atoms with Gasteiger partial charge in [-0.05, 0) is 57.3 Å². The van der Waals surface area contributed by atoms with E-state index >= 15 is 0 Å². The number of hydrogen-bond donors (Lipinski definition) is 0. The van der Waals surface area contributed by atoms with Gasteiger partial charge in [0.1, 0.15) is 0 Å². The highest BCUT2D eigenvalue weighted by atomic mass is 127. The summed E-state index contributed by atoms with van der Waals surface area (Å²) in [6.45, 7) is 0. The molecule has 90 valence electrons. The molecule has 2 rings (SSSR count). The summed E-state index contributed by atoms with van der Waals surface area (Å²) < 4.78 is 1.80. The van der Waals surface area contributed by atoms with Crippen LogP contribution >= 0.6 is 45.2 Å². The van der Waals surface area contributed by atoms with Crippen LogP contribution in [0.3, 0.4) is 0 Å². The van der Waals surface area contributed by atoms with Gasteiger partial charge in [-0.25, -0.2) is 0 Å². The SMILES string of the molecule is O=C(C(=O)c1cccc(I)c1I)c1ccccc1. The van der Waals surface area contributed by atoms with Crippen molar-refractivity contribution in [1.82, 2.24) is 0 Å². The second kappa shape index (κ2) is 5.92. The largest absolute Gasteiger partial charge is 0.285 e. The topological polar surface area (TPSA) is 34.1 Å². The molecule has 0 bridgehead atoms. The van der Waals surface area contributed by atoms with Crippen molar-refractivity contribution in [3.63, 3.8) is 0 Å². The highest BCUT2D eigenvalue weighted by Crippen LogP contribution is 2.20. The Morgan fingerprint density at radius 1 is 0.778 bits per heavy atom. The first-order valence-electron chi connectivity index (χ1n) is 5.19. The van der Waals surface area contributed by atoms with Crippen molar-refractivity contribution >= 4 is 56.7 Å². The second-order valence-electron chi connectivity index (χ2n) is 3.63. The molecule has 0 aliphatic heterocycles. The Morgan fingerprint density at radius 3 is 2.11 bits per heavy atom. The maximum atomic E-state index is 12.2. The highest BCUT2D eigenvalue weighted by Gasteiger charge is 2.20. The fourth-order valence-corrected chi connectivity index (χ4v) is 2.62. The van der Waals surface area contributed by atoms with Crippen LogP contribution in [0.2, 0.25) is 0 Å². The van der Waals surface area contributed by atoms with E-state index in [-0.39, 0.29) is 0 Å². The molecule has 0 N–H and O–H groups in total. The Balaban J connectivity index is 2.38. The lowest BCUT2D eigenvalue weighted by Gasteiger charge is -2.04. The quantitative estimate of drug-likeness (QED) is 0.394. The number of halogens is 2. The van der Waals surface area contributed by atoms with Crippen molar-refractivity contribution in [2.75, 3.05) is 0 Å². The zero-order valence-corrected chi connectivity index (χ0v) is 13.5. The van der Waals surface area contributed by atoms with Gasteiger partial charge < -0.3 is 0 Å². The Hall–Kier alpha value is -0.760. The molecule has 0 heterocycles. The molecule has 18 heavy (non-hydrogen) atoms. The summed E-state index contributed by atoms with van der Waals surface area (Å²) in [5, 5.41) is 0. The smallest absolute Gasteiger partial charge is 0.234 e. The van der Waals surface area contributed by atoms with Crippen molar-refractivity contribution in [2.45, 2.75) is 0 Å². The summed E-state index contributed by atoms with van der Waals surface area (Å²) in [6, 6.07) is 14.0. The van der Waals surface area contributed by atoms with Crippen molar-refractivity contribution in [1.29, 1.82) is 0 Å². The Morgan fingerprint density at radius 2 is 1.44 bits per heavy atom. The molecular formula is C14H8I2O2. The summed E-state index contributed by atoms with van der Waals surface area (Å²) in [5.74, 6) is -0.917. The molecule has 0 fully saturated rings. The highest BCUT2D eigenvalue weighted by molar-refractivity contribution is 14.1. The number of ketones is 2. The minimum atomic E-state index is -0.462. The lowest BCUT2D eigenvalue weighted by Crippen LogP contribution is -2.16. The van der Waals surface area contributed by atoms with Gasteiger partial charge in [0.05, 0.1) is 0 Å². The molecular weight excluding hydrogens is 454 g/mol. The van der Waals surface area contributed by atoms with Gasteiger partial charge in [-0.1, -0.05) is 36.4 Å². The summed E-state index contributed by atoms with van der Waals surface area (Å²) >= 11 is 4.24. The Bertz CT molecular complexity index is 606. The Kier molecular flexibility index (Phi) is 4.50. The number of hydrogen-bond acceptors (Lipinski definition) is 2. The van der Waals surface area contributed by atoms with E-state index < -0.39 is 11.6 Å². The molecule has 0 aliphatic carbocycles. The summed E-state index contributed by atoms with van der Waals surface area (Å²) in [6.07, 6.45) is 0. The van der Waals surface area contributed by atoms with Crippen molar-refractivity contribution in [3.05, 3.63) is 66.8 Å². The van der Waals surface area contributed by atoms with Crippen LogP contribution in [0, 0.1) is 7.14 Å². The lowest BCUT2D eigenvalue weighted by atomic mass is 10.0. The lowest BCUT2D eigenvalue weighted by molar-refractivity contribution is 0.0816. The van der Waals surface area contributed by atoms with Crippen LogP contribution in [-0.2, 0) is 0 Å². The van der Waals surface area contributed by atoms with Gasteiger partial charge >= 0.3 is 0 Å². The van der Waals surface area contributed by atoms with Crippen LogP contribution in [-0.4, -0.2) is 11.6 Å². The van der Waals surface area contributed by atoms with Gasteiger partial charge in [0.2, 0.25) is 11.6 Å². The predicted octanol–water partition coefficient (Wildman–Crippen LogP) is 3.96. The molecule has 0 amide bonds. The van der Waals surface area contributed by atoms with Gasteiger partial charge in [-0.15, -0.1) is 0 Å². The normalized spacial score (nSPS) is 10.1. The standard InChI is InChI=1S/C14H8I2O2/c15-11-8-4-7-10(12(11)16)14(18)13(17)9-5-2-1-3-6-9/h1-8H. The van der Waals surface area contributed by atoms with E-state index in [0.717, 1.165) is 7.14 Å². The fraction of sp³-hybridized carbons (Fsp3) is 0. The molecule has 2 aromatic rings. The first-order chi connectivity index (χ1) is 8.61. The van der Waals surface area contributed by atoms with Gasteiger partial charge in [0, 0.05) is 18.3 Å². The van der Waals surface area contributed by atoms with E-state index in [1.807, 2.05) is 12.1 Å². The number of Topliss-reactive ketones (excluding diaryl/α,β-unsaturated/α-hetero) is 2. The minimum Gasteiger partial charge on any atom is -0.285 e. The summed E-state index contributed by atoms with van der Waals surface area (Å²) in [7, 11) is 0. The van der Waals surface area contributed by atoms with E-state index in [1.54, 1.807) is 36.4 Å². The number of carbonyl (C=O) groups excluding carboxylic acids is 2. The molecule has 0 saturated carbocycles. The fourth-order valence-electron chi connectivity index (χ4n) is 1.52. The van der Waals surface area contributed by atoms with E-state index in [2.05, 4.69) is 45.2 Å². The van der Waals surface area contributed by atoms with Crippen LogP contribution in [0.15, 0.2) is 48.5 Å². The van der Waals surface area contributed by atoms with Crippen LogP contribution in [0.25, 0.3) is 0 Å². The number of carbonyl (C=O) groups is 2. The molecule has 0 atom stereocenters. The summed E-state index contributed by atoms with van der Waals surface area (Å²) in [5.41, 5.74) is 0.897. The first-order valence-corrected chi connectivity index (χ1v) is 7.35. The molecule has 0 aromatic heterocycles. The van der Waals surface area contributed by atoms with Crippen LogP contribution in [0.4, 0.5) is 0 Å². The third kappa shape index (κ3) is 2.80. The van der Waals surface area contributed by atoms with E-state index in [4.69, 9.17) is 0 Å². The average Bonchev–Trinajstić information content (AvgIpc) is 2.41. The van der Waals surface area contributed by atoms with Gasteiger partial charge in [-0.3, -0.25) is 9.59 Å². The Labute approximate surface area is 132 Å². The molecule has 2 nitrogen and oxygen atoms in total. The second-order valence-corrected chi connectivity index (χ2v) is 5.87. The van der Waals surface area contributed by atoms with E-state index in [1.165, 1.54) is 0 Å². The van der Waals surface area contributed by atoms with E-state index in [0.29, 0.717) is 11.1 Å². The zero-order chi connectivity index (χ0) is 13.1. The molecule has 0 spiro atoms. The van der Waals surface area contributed by atoms with Crippen LogP contribution in [0.5, 0.6) is 0 Å². The number of benzene rings is 2. The molecule has 0 aliphatic rings. The van der Waals surface area contributed by atoms with Crippen LogP contribution in [0.1, 0.15) is 20.7 Å². The van der Waals surface area contributed by atoms with Gasteiger partial charge in [-0.2, -0.15) is 0 Å². The van der Waals surface area contributed by atoms with Crippen molar-refractivity contribution < 1.29 is 9.59 Å². The van der Waals surface area contributed by atoms with Crippen LogP contribution < -0.4 is 0 Å². The first kappa shape index (κ1) is 13.7. The molecule has 0 radical (unpaired) electrons. The average molecular weight is 462 g/mol. The summed E-state index contributed by atoms with van der Waals surface area (Å²) in [4.78, 5) is 24.2. The van der Waals surface area contributed by atoms with E-state index in [9.17, 15) is 9.59 Å². The third-order valence-electron chi connectivity index (χ3n) is 2.44. The van der Waals surface area contributed by atoms with Crippen molar-refractivity contribution in [3.8, 4) is 0 Å². The van der Waals surface area contributed by atoms with Crippen molar-refractivity contribution in [2.24, 2.45) is 0 Å². The maximum absolute atomic E-state index is 12.2. The zero-order valence-electron chi connectivity index (χ0n) is 9.19. The molecule has 4 heteroatoms. The molecule has 0 unspecified atom stereocenters. The maximum Gasteiger partial charge on any atom is 0.234 e. The van der Waals surface area contributed by atoms with Gasteiger partial charge in [0.25, 0.3) is 0 Å². The minimum absolute atomic E-state index is 0.428. The molecule has 0 saturated heterocycles. The monoisotopic (exact) mass is 462 g/mol. The number of rotatable bonds is 3. The van der Waals surface area contributed by atoms with Gasteiger partial charge in [0.15, 0.2) is 0 Å². The third-order valence-corrected chi connectivity index (χ3v) is 5.53. The predicted molar refractivity (Wildman–Crippen MR) is 87.0 cm³/mol. The molecule has 2 aromatic carbocycles.